The first-order valence-corrected chi connectivity index (χ1v) is 7.92. The molecule has 6 nitrogen and oxygen atoms in total. The van der Waals surface area contributed by atoms with Gasteiger partial charge in [0, 0.05) is 19.7 Å². The minimum Gasteiger partial charge on any atom is -0.495 e. The maximum absolute atomic E-state index is 12.5. The molecule has 0 aromatic heterocycles. The molecule has 0 aliphatic rings. The molecular formula is C13H22N2O4S. The lowest BCUT2D eigenvalue weighted by Crippen LogP contribution is -2.34. The van der Waals surface area contributed by atoms with Crippen molar-refractivity contribution >= 4 is 15.7 Å². The zero-order valence-corrected chi connectivity index (χ0v) is 12.9. The number of hydrogen-bond acceptors (Lipinski definition) is 5. The molecule has 7 heteroatoms. The Labute approximate surface area is 120 Å². The molecular weight excluding hydrogens is 280 g/mol. The van der Waals surface area contributed by atoms with E-state index in [2.05, 4.69) is 0 Å². The second-order valence-electron chi connectivity index (χ2n) is 4.10. The van der Waals surface area contributed by atoms with Crippen LogP contribution in [0.2, 0.25) is 0 Å². The van der Waals surface area contributed by atoms with E-state index in [1.54, 1.807) is 13.0 Å². The SMILES string of the molecule is CCOCCN(CC)S(=O)(=O)c1ccc(OC)c(N)c1. The third-order valence-corrected chi connectivity index (χ3v) is 4.85. The Morgan fingerprint density at radius 3 is 2.50 bits per heavy atom. The average molecular weight is 302 g/mol. The van der Waals surface area contributed by atoms with Crippen molar-refractivity contribution in [2.75, 3.05) is 39.1 Å². The number of likely N-dealkylation sites (N-methyl/N-ethyl adjacent to an activating group) is 1. The van der Waals surface area contributed by atoms with E-state index >= 15 is 0 Å². The number of rotatable bonds is 8. The predicted octanol–water partition coefficient (Wildman–Crippen LogP) is 1.32. The van der Waals surface area contributed by atoms with Crippen LogP contribution in [0.5, 0.6) is 5.75 Å². The van der Waals surface area contributed by atoms with Crippen LogP contribution >= 0.6 is 0 Å². The summed E-state index contributed by atoms with van der Waals surface area (Å²) in [4.78, 5) is 0.161. The smallest absolute Gasteiger partial charge is 0.243 e. The van der Waals surface area contributed by atoms with E-state index < -0.39 is 10.0 Å². The fourth-order valence-corrected chi connectivity index (χ4v) is 3.25. The standard InChI is InChI=1S/C13H22N2O4S/c1-4-15(8-9-19-5-2)20(16,17)11-6-7-13(18-3)12(14)10-11/h6-7,10H,4-5,8-9,14H2,1-3H3. The number of nitrogens with zero attached hydrogens (tertiary/aromatic N) is 1. The monoisotopic (exact) mass is 302 g/mol. The second kappa shape index (κ2) is 7.47. The van der Waals surface area contributed by atoms with Crippen molar-refractivity contribution in [3.8, 4) is 5.75 Å². The third-order valence-electron chi connectivity index (χ3n) is 2.88. The Morgan fingerprint density at radius 1 is 1.30 bits per heavy atom. The number of nitrogen functional groups attached to an aromatic ring is 1. The molecule has 20 heavy (non-hydrogen) atoms. The van der Waals surface area contributed by atoms with E-state index in [4.69, 9.17) is 15.2 Å². The summed E-state index contributed by atoms with van der Waals surface area (Å²) in [7, 11) is -2.07. The molecule has 0 saturated carbocycles. The molecule has 0 amide bonds. The van der Waals surface area contributed by atoms with E-state index in [0.717, 1.165) is 0 Å². The Balaban J connectivity index is 2.98. The van der Waals surface area contributed by atoms with Crippen LogP contribution in [-0.2, 0) is 14.8 Å². The number of benzene rings is 1. The van der Waals surface area contributed by atoms with E-state index in [1.807, 2.05) is 6.92 Å². The molecule has 0 aliphatic carbocycles. The van der Waals surface area contributed by atoms with Crippen LogP contribution in [0.3, 0.4) is 0 Å². The van der Waals surface area contributed by atoms with Gasteiger partial charge in [-0.1, -0.05) is 6.92 Å². The van der Waals surface area contributed by atoms with Crippen molar-refractivity contribution in [2.45, 2.75) is 18.7 Å². The minimum absolute atomic E-state index is 0.161. The Hall–Kier alpha value is -1.31. The Kier molecular flexibility index (Phi) is 6.25. The molecule has 0 saturated heterocycles. The van der Waals surface area contributed by atoms with Crippen molar-refractivity contribution in [3.63, 3.8) is 0 Å². The van der Waals surface area contributed by atoms with Gasteiger partial charge in [-0.25, -0.2) is 8.42 Å². The average Bonchev–Trinajstić information content (AvgIpc) is 2.43. The molecule has 0 spiro atoms. The zero-order chi connectivity index (χ0) is 15.2. The molecule has 0 atom stereocenters. The quantitative estimate of drug-likeness (QED) is 0.578. The van der Waals surface area contributed by atoms with Crippen molar-refractivity contribution in [3.05, 3.63) is 18.2 Å². The van der Waals surface area contributed by atoms with Gasteiger partial charge in [-0.15, -0.1) is 0 Å². The number of ether oxygens (including phenoxy) is 2. The van der Waals surface area contributed by atoms with E-state index in [0.29, 0.717) is 37.7 Å². The predicted molar refractivity (Wildman–Crippen MR) is 78.3 cm³/mol. The van der Waals surface area contributed by atoms with Gasteiger partial charge >= 0.3 is 0 Å². The molecule has 0 radical (unpaired) electrons. The van der Waals surface area contributed by atoms with Crippen molar-refractivity contribution in [1.82, 2.24) is 4.31 Å². The minimum atomic E-state index is -3.56. The number of methoxy groups -OCH3 is 1. The largest absolute Gasteiger partial charge is 0.495 e. The maximum Gasteiger partial charge on any atom is 0.243 e. The van der Waals surface area contributed by atoms with Gasteiger partial charge in [-0.05, 0) is 25.1 Å². The van der Waals surface area contributed by atoms with E-state index in [9.17, 15) is 8.42 Å². The molecule has 0 heterocycles. The van der Waals surface area contributed by atoms with Gasteiger partial charge in [0.25, 0.3) is 0 Å². The molecule has 1 aromatic rings. The lowest BCUT2D eigenvalue weighted by atomic mass is 10.3. The van der Waals surface area contributed by atoms with E-state index in [1.165, 1.54) is 23.5 Å². The van der Waals surface area contributed by atoms with E-state index in [-0.39, 0.29) is 4.90 Å². The lowest BCUT2D eigenvalue weighted by molar-refractivity contribution is 0.135. The first-order chi connectivity index (χ1) is 9.47. The third kappa shape index (κ3) is 3.84. The van der Waals surface area contributed by atoms with Crippen LogP contribution in [0.4, 0.5) is 5.69 Å². The highest BCUT2D eigenvalue weighted by Crippen LogP contribution is 2.26. The first kappa shape index (κ1) is 16.7. The van der Waals surface area contributed by atoms with Crippen molar-refractivity contribution in [2.24, 2.45) is 0 Å². The van der Waals surface area contributed by atoms with Gasteiger partial charge in [-0.2, -0.15) is 4.31 Å². The van der Waals surface area contributed by atoms with Crippen LogP contribution in [-0.4, -0.2) is 46.1 Å². The summed E-state index contributed by atoms with van der Waals surface area (Å²) in [6.07, 6.45) is 0. The highest BCUT2D eigenvalue weighted by molar-refractivity contribution is 7.89. The highest BCUT2D eigenvalue weighted by Gasteiger charge is 2.23. The number of sulfonamides is 1. The molecule has 0 fully saturated rings. The van der Waals surface area contributed by atoms with Crippen LogP contribution < -0.4 is 10.5 Å². The topological polar surface area (TPSA) is 81.9 Å². The van der Waals surface area contributed by atoms with Crippen molar-refractivity contribution < 1.29 is 17.9 Å². The number of anilines is 1. The Bertz CT molecular complexity index is 531. The Morgan fingerprint density at radius 2 is 2.00 bits per heavy atom. The summed E-state index contributed by atoms with van der Waals surface area (Å²) in [6, 6.07) is 4.46. The van der Waals surface area contributed by atoms with Gasteiger partial charge in [0.2, 0.25) is 10.0 Å². The van der Waals surface area contributed by atoms with Crippen LogP contribution in [0.25, 0.3) is 0 Å². The van der Waals surface area contributed by atoms with Gasteiger partial charge in [0.15, 0.2) is 0 Å². The maximum atomic E-state index is 12.5. The van der Waals surface area contributed by atoms with Gasteiger partial charge in [-0.3, -0.25) is 0 Å². The zero-order valence-electron chi connectivity index (χ0n) is 12.1. The van der Waals surface area contributed by atoms with Gasteiger partial charge in [0.1, 0.15) is 5.75 Å². The summed E-state index contributed by atoms with van der Waals surface area (Å²) in [5.74, 6) is 0.460. The second-order valence-corrected chi connectivity index (χ2v) is 6.04. The molecule has 2 N–H and O–H groups in total. The van der Waals surface area contributed by atoms with Crippen LogP contribution in [0.1, 0.15) is 13.8 Å². The molecule has 0 bridgehead atoms. The van der Waals surface area contributed by atoms with Crippen LogP contribution in [0, 0.1) is 0 Å². The van der Waals surface area contributed by atoms with Crippen molar-refractivity contribution in [1.29, 1.82) is 0 Å². The summed E-state index contributed by atoms with van der Waals surface area (Å²) >= 11 is 0. The molecule has 114 valence electrons. The summed E-state index contributed by atoms with van der Waals surface area (Å²) in [5, 5.41) is 0. The first-order valence-electron chi connectivity index (χ1n) is 6.48. The summed E-state index contributed by atoms with van der Waals surface area (Å²) < 4.78 is 36.6. The summed E-state index contributed by atoms with van der Waals surface area (Å²) in [6.45, 7) is 5.29. The number of hydrogen-bond donors (Lipinski definition) is 1. The fourth-order valence-electron chi connectivity index (χ4n) is 1.78. The fraction of sp³-hybridized carbons (Fsp3) is 0.538. The number of nitrogens with two attached hydrogens (primary N) is 1. The lowest BCUT2D eigenvalue weighted by Gasteiger charge is -2.20. The molecule has 0 unspecified atom stereocenters. The van der Waals surface area contributed by atoms with Crippen LogP contribution in [0.15, 0.2) is 23.1 Å². The molecule has 1 rings (SSSR count). The highest BCUT2D eigenvalue weighted by atomic mass is 32.2. The molecule has 1 aromatic carbocycles. The molecule has 0 aliphatic heterocycles. The van der Waals surface area contributed by atoms with Gasteiger partial charge < -0.3 is 15.2 Å². The van der Waals surface area contributed by atoms with Gasteiger partial charge in [0.05, 0.1) is 24.3 Å². The summed E-state index contributed by atoms with van der Waals surface area (Å²) in [5.41, 5.74) is 6.06. The normalized spacial score (nSPS) is 11.8.